The van der Waals surface area contributed by atoms with Gasteiger partial charge in [-0.15, -0.1) is 0 Å². The fraction of sp³-hybridized carbons (Fsp3) is 0.500. The smallest absolute Gasteiger partial charge is 0.0725 e. The van der Waals surface area contributed by atoms with Crippen molar-refractivity contribution in [3.63, 3.8) is 0 Å². The molecule has 2 unspecified atom stereocenters. The van der Waals surface area contributed by atoms with Gasteiger partial charge >= 0.3 is 0 Å². The first kappa shape index (κ1) is 13.4. The van der Waals surface area contributed by atoms with E-state index in [9.17, 15) is 0 Å². The molecular formula is C18H24N2. The van der Waals surface area contributed by atoms with Crippen LogP contribution in [0.5, 0.6) is 0 Å². The Labute approximate surface area is 121 Å². The van der Waals surface area contributed by atoms with Crippen molar-refractivity contribution in [2.45, 2.75) is 39.5 Å². The van der Waals surface area contributed by atoms with E-state index in [0.717, 1.165) is 29.6 Å². The minimum Gasteiger partial charge on any atom is -0.384 e. The molecule has 1 aromatic heterocycles. The fourth-order valence-corrected chi connectivity index (χ4v) is 3.45. The van der Waals surface area contributed by atoms with Gasteiger partial charge in [-0.3, -0.25) is 4.98 Å². The first-order chi connectivity index (χ1) is 9.72. The second-order valence-corrected chi connectivity index (χ2v) is 6.35. The van der Waals surface area contributed by atoms with Gasteiger partial charge in [0.15, 0.2) is 0 Å². The van der Waals surface area contributed by atoms with Crippen molar-refractivity contribution in [2.24, 2.45) is 11.8 Å². The summed E-state index contributed by atoms with van der Waals surface area (Å²) in [6.45, 7) is 5.55. The molecule has 106 valence electrons. The van der Waals surface area contributed by atoms with Gasteiger partial charge in [0.1, 0.15) is 0 Å². The number of nitrogens with one attached hydrogen (secondary N) is 1. The molecule has 2 aromatic rings. The average molecular weight is 268 g/mol. The molecule has 3 rings (SSSR count). The molecule has 0 aliphatic heterocycles. The van der Waals surface area contributed by atoms with E-state index >= 15 is 0 Å². The summed E-state index contributed by atoms with van der Waals surface area (Å²) >= 11 is 0. The first-order valence-electron chi connectivity index (χ1n) is 7.82. The minimum atomic E-state index is 0.825. The lowest BCUT2D eigenvalue weighted by atomic mass is 9.82. The highest BCUT2D eigenvalue weighted by molar-refractivity contribution is 5.91. The SMILES string of the molecule is Cc1cc(NCC2CCCC(C)C2)c2ccccc2n1. The van der Waals surface area contributed by atoms with Crippen LogP contribution in [0.1, 0.15) is 38.3 Å². The van der Waals surface area contributed by atoms with Gasteiger partial charge in [-0.1, -0.05) is 38.0 Å². The van der Waals surface area contributed by atoms with Crippen molar-refractivity contribution < 1.29 is 0 Å². The van der Waals surface area contributed by atoms with Gasteiger partial charge in [-0.05, 0) is 43.7 Å². The molecule has 1 aliphatic rings. The van der Waals surface area contributed by atoms with Gasteiger partial charge in [-0.2, -0.15) is 0 Å². The fourth-order valence-electron chi connectivity index (χ4n) is 3.45. The number of nitrogens with zero attached hydrogens (tertiary/aromatic N) is 1. The Morgan fingerprint density at radius 1 is 1.25 bits per heavy atom. The quantitative estimate of drug-likeness (QED) is 0.866. The summed E-state index contributed by atoms with van der Waals surface area (Å²) in [5, 5.41) is 4.92. The first-order valence-corrected chi connectivity index (χ1v) is 7.82. The van der Waals surface area contributed by atoms with Crippen molar-refractivity contribution in [1.82, 2.24) is 4.98 Å². The molecule has 20 heavy (non-hydrogen) atoms. The normalized spacial score (nSPS) is 22.9. The van der Waals surface area contributed by atoms with E-state index in [1.165, 1.54) is 36.8 Å². The lowest BCUT2D eigenvalue weighted by Gasteiger charge is -2.27. The summed E-state index contributed by atoms with van der Waals surface area (Å²) in [4.78, 5) is 4.60. The van der Waals surface area contributed by atoms with Crippen LogP contribution in [-0.2, 0) is 0 Å². The van der Waals surface area contributed by atoms with Crippen LogP contribution in [0.25, 0.3) is 10.9 Å². The highest BCUT2D eigenvalue weighted by Gasteiger charge is 2.18. The average Bonchev–Trinajstić information content (AvgIpc) is 2.44. The number of hydrogen-bond acceptors (Lipinski definition) is 2. The van der Waals surface area contributed by atoms with Crippen LogP contribution in [0.4, 0.5) is 5.69 Å². The van der Waals surface area contributed by atoms with Crippen LogP contribution in [-0.4, -0.2) is 11.5 Å². The number of para-hydroxylation sites is 1. The number of fused-ring (bicyclic) bond motifs is 1. The molecule has 0 saturated heterocycles. The highest BCUT2D eigenvalue weighted by Crippen LogP contribution is 2.30. The number of aryl methyl sites for hydroxylation is 1. The van der Waals surface area contributed by atoms with Gasteiger partial charge < -0.3 is 5.32 Å². The zero-order valence-electron chi connectivity index (χ0n) is 12.5. The maximum Gasteiger partial charge on any atom is 0.0725 e. The molecule has 1 fully saturated rings. The zero-order valence-corrected chi connectivity index (χ0v) is 12.5. The molecule has 0 radical (unpaired) electrons. The van der Waals surface area contributed by atoms with Crippen molar-refractivity contribution in [1.29, 1.82) is 0 Å². The third-order valence-corrected chi connectivity index (χ3v) is 4.47. The van der Waals surface area contributed by atoms with Crippen molar-refractivity contribution in [3.05, 3.63) is 36.0 Å². The molecule has 0 amide bonds. The molecule has 2 atom stereocenters. The van der Waals surface area contributed by atoms with E-state index in [1.54, 1.807) is 0 Å². The molecule has 1 N–H and O–H groups in total. The predicted octanol–water partition coefficient (Wildman–Crippen LogP) is 4.78. The molecule has 1 saturated carbocycles. The molecule has 1 aliphatic carbocycles. The standard InChI is InChI=1S/C18H24N2/c1-13-6-5-7-15(10-13)12-19-18-11-14(2)20-17-9-4-3-8-16(17)18/h3-4,8-9,11,13,15H,5-7,10,12H2,1-2H3,(H,19,20). The lowest BCUT2D eigenvalue weighted by molar-refractivity contribution is 0.293. The Kier molecular flexibility index (Phi) is 3.90. The summed E-state index contributed by atoms with van der Waals surface area (Å²) in [7, 11) is 0. The Hall–Kier alpha value is -1.57. The molecule has 1 heterocycles. The third-order valence-electron chi connectivity index (χ3n) is 4.47. The Balaban J connectivity index is 1.77. The Bertz CT molecular complexity index is 591. The van der Waals surface area contributed by atoms with E-state index < -0.39 is 0 Å². The third kappa shape index (κ3) is 2.95. The van der Waals surface area contributed by atoms with Crippen LogP contribution in [0.15, 0.2) is 30.3 Å². The van der Waals surface area contributed by atoms with Crippen LogP contribution in [0.3, 0.4) is 0 Å². The Morgan fingerprint density at radius 2 is 2.10 bits per heavy atom. The van der Waals surface area contributed by atoms with Gasteiger partial charge in [0.25, 0.3) is 0 Å². The number of hydrogen-bond donors (Lipinski definition) is 1. The van der Waals surface area contributed by atoms with E-state index in [0.29, 0.717) is 0 Å². The summed E-state index contributed by atoms with van der Waals surface area (Å²) in [5.74, 6) is 1.72. The van der Waals surface area contributed by atoms with Gasteiger partial charge in [0, 0.05) is 23.3 Å². The second-order valence-electron chi connectivity index (χ2n) is 6.35. The van der Waals surface area contributed by atoms with E-state index in [1.807, 2.05) is 0 Å². The van der Waals surface area contributed by atoms with Crippen molar-refractivity contribution in [3.8, 4) is 0 Å². The topological polar surface area (TPSA) is 24.9 Å². The minimum absolute atomic E-state index is 0.825. The molecule has 1 aromatic carbocycles. The predicted molar refractivity (Wildman–Crippen MR) is 86.1 cm³/mol. The maximum atomic E-state index is 4.60. The summed E-state index contributed by atoms with van der Waals surface area (Å²) < 4.78 is 0. The number of pyridine rings is 1. The number of rotatable bonds is 3. The maximum absolute atomic E-state index is 4.60. The van der Waals surface area contributed by atoms with Gasteiger partial charge in [0.05, 0.1) is 5.52 Å². The van der Waals surface area contributed by atoms with Gasteiger partial charge in [0.2, 0.25) is 0 Å². The van der Waals surface area contributed by atoms with Crippen LogP contribution < -0.4 is 5.32 Å². The summed E-state index contributed by atoms with van der Waals surface area (Å²) in [6.07, 6.45) is 5.55. The number of anilines is 1. The van der Waals surface area contributed by atoms with E-state index in [-0.39, 0.29) is 0 Å². The van der Waals surface area contributed by atoms with Gasteiger partial charge in [-0.25, -0.2) is 0 Å². The molecule has 0 spiro atoms. The zero-order chi connectivity index (χ0) is 13.9. The monoisotopic (exact) mass is 268 g/mol. The molecule has 0 bridgehead atoms. The van der Waals surface area contributed by atoms with Crippen LogP contribution in [0, 0.1) is 18.8 Å². The van der Waals surface area contributed by atoms with Crippen LogP contribution >= 0.6 is 0 Å². The second kappa shape index (κ2) is 5.82. The number of aromatic nitrogens is 1. The molecule has 2 nitrogen and oxygen atoms in total. The van der Waals surface area contributed by atoms with E-state index in [4.69, 9.17) is 0 Å². The lowest BCUT2D eigenvalue weighted by Crippen LogP contribution is -2.21. The van der Waals surface area contributed by atoms with Crippen LogP contribution in [0.2, 0.25) is 0 Å². The summed E-state index contributed by atoms with van der Waals surface area (Å²) in [6, 6.07) is 10.6. The molecule has 2 heteroatoms. The van der Waals surface area contributed by atoms with Crippen molar-refractivity contribution >= 4 is 16.6 Å². The van der Waals surface area contributed by atoms with E-state index in [2.05, 4.69) is 54.5 Å². The summed E-state index contributed by atoms with van der Waals surface area (Å²) in [5.41, 5.74) is 3.42. The molecular weight excluding hydrogens is 244 g/mol. The Morgan fingerprint density at radius 3 is 2.95 bits per heavy atom. The van der Waals surface area contributed by atoms with Crippen molar-refractivity contribution in [2.75, 3.05) is 11.9 Å². The number of benzene rings is 1. The largest absolute Gasteiger partial charge is 0.384 e. The highest BCUT2D eigenvalue weighted by atomic mass is 14.9.